The maximum Gasteiger partial charge on any atom is 0.337 e. The quantitative estimate of drug-likeness (QED) is 0.508. The summed E-state index contributed by atoms with van der Waals surface area (Å²) < 4.78 is 1.57. The molecule has 0 saturated carbocycles. The Kier molecular flexibility index (Phi) is 5.03. The van der Waals surface area contributed by atoms with E-state index in [9.17, 15) is 14.7 Å². The number of thiophene rings is 1. The van der Waals surface area contributed by atoms with E-state index in [-0.39, 0.29) is 16.5 Å². The molecular formula is C23H20N2O3S. The Hall–Kier alpha value is -3.25. The van der Waals surface area contributed by atoms with Gasteiger partial charge in [-0.25, -0.2) is 9.78 Å². The standard InChI is InChI=1S/C23H20N2O3S/c1-14(2)16-10-8-15(9-11-16)12-25-20(17-6-4-3-5-7-17)24-21-19(22(25)26)18(13-29-21)23(27)28/h3-11,13-14H,12H2,1-2H3,(H,27,28). The number of carboxylic acid groups (broad SMARTS) is 1. The van der Waals surface area contributed by atoms with Gasteiger partial charge in [-0.05, 0) is 17.0 Å². The lowest BCUT2D eigenvalue weighted by Crippen LogP contribution is -2.24. The lowest BCUT2D eigenvalue weighted by Gasteiger charge is -2.14. The van der Waals surface area contributed by atoms with Crippen molar-refractivity contribution in [2.24, 2.45) is 0 Å². The monoisotopic (exact) mass is 404 g/mol. The van der Waals surface area contributed by atoms with E-state index in [1.807, 2.05) is 42.5 Å². The number of carboxylic acids is 1. The number of benzene rings is 2. The molecule has 146 valence electrons. The van der Waals surface area contributed by atoms with Crippen LogP contribution >= 0.6 is 11.3 Å². The Morgan fingerprint density at radius 1 is 1.10 bits per heavy atom. The molecule has 0 bridgehead atoms. The summed E-state index contributed by atoms with van der Waals surface area (Å²) in [6.07, 6.45) is 0. The van der Waals surface area contributed by atoms with Gasteiger partial charge in [-0.2, -0.15) is 0 Å². The molecule has 0 saturated heterocycles. The van der Waals surface area contributed by atoms with Gasteiger partial charge >= 0.3 is 5.97 Å². The second kappa shape index (κ2) is 7.64. The number of rotatable bonds is 5. The number of hydrogen-bond donors (Lipinski definition) is 1. The third kappa shape index (κ3) is 3.59. The Labute approximate surface area is 171 Å². The zero-order valence-electron chi connectivity index (χ0n) is 16.1. The highest BCUT2D eigenvalue weighted by atomic mass is 32.1. The van der Waals surface area contributed by atoms with Crippen molar-refractivity contribution in [3.05, 3.63) is 87.0 Å². The SMILES string of the molecule is CC(C)c1ccc(Cn2c(-c3ccccc3)nc3scc(C(=O)O)c3c2=O)cc1. The molecule has 0 aliphatic heterocycles. The first-order chi connectivity index (χ1) is 14.0. The van der Waals surface area contributed by atoms with Crippen molar-refractivity contribution in [1.29, 1.82) is 0 Å². The number of aromatic carboxylic acids is 1. The summed E-state index contributed by atoms with van der Waals surface area (Å²) in [6, 6.07) is 17.6. The molecule has 0 fully saturated rings. The second-order valence-corrected chi connectivity index (χ2v) is 8.08. The van der Waals surface area contributed by atoms with Crippen LogP contribution in [0.25, 0.3) is 21.6 Å². The van der Waals surface area contributed by atoms with E-state index >= 15 is 0 Å². The van der Waals surface area contributed by atoms with Gasteiger partial charge in [0, 0.05) is 10.9 Å². The van der Waals surface area contributed by atoms with Gasteiger partial charge in [-0.1, -0.05) is 68.4 Å². The van der Waals surface area contributed by atoms with E-state index in [1.165, 1.54) is 22.3 Å². The van der Waals surface area contributed by atoms with Crippen LogP contribution in [-0.2, 0) is 6.54 Å². The van der Waals surface area contributed by atoms with Crippen LogP contribution in [0.5, 0.6) is 0 Å². The van der Waals surface area contributed by atoms with Crippen LogP contribution in [0.2, 0.25) is 0 Å². The molecule has 2 aromatic carbocycles. The summed E-state index contributed by atoms with van der Waals surface area (Å²) >= 11 is 1.18. The number of nitrogens with zero attached hydrogens (tertiary/aromatic N) is 2. The highest BCUT2D eigenvalue weighted by Gasteiger charge is 2.20. The molecule has 2 heterocycles. The van der Waals surface area contributed by atoms with E-state index in [0.717, 1.165) is 11.1 Å². The van der Waals surface area contributed by atoms with E-state index in [4.69, 9.17) is 0 Å². The lowest BCUT2D eigenvalue weighted by atomic mass is 10.0. The van der Waals surface area contributed by atoms with Crippen molar-refractivity contribution in [1.82, 2.24) is 9.55 Å². The Balaban J connectivity index is 1.91. The van der Waals surface area contributed by atoms with Gasteiger partial charge in [-0.15, -0.1) is 11.3 Å². The fourth-order valence-electron chi connectivity index (χ4n) is 3.33. The predicted molar refractivity (Wildman–Crippen MR) is 116 cm³/mol. The molecule has 0 unspecified atom stereocenters. The molecule has 0 amide bonds. The molecule has 0 radical (unpaired) electrons. The summed E-state index contributed by atoms with van der Waals surface area (Å²) in [5.74, 6) is -0.154. The normalized spacial score (nSPS) is 11.3. The Morgan fingerprint density at radius 3 is 2.41 bits per heavy atom. The summed E-state index contributed by atoms with van der Waals surface area (Å²) in [7, 11) is 0. The van der Waals surface area contributed by atoms with Crippen LogP contribution in [-0.4, -0.2) is 20.6 Å². The third-order valence-electron chi connectivity index (χ3n) is 4.94. The largest absolute Gasteiger partial charge is 0.478 e. The number of fused-ring (bicyclic) bond motifs is 1. The topological polar surface area (TPSA) is 72.2 Å². The van der Waals surface area contributed by atoms with Gasteiger partial charge in [0.2, 0.25) is 0 Å². The summed E-state index contributed by atoms with van der Waals surface area (Å²) in [6.45, 7) is 4.59. The molecule has 6 heteroatoms. The molecule has 29 heavy (non-hydrogen) atoms. The van der Waals surface area contributed by atoms with Crippen molar-refractivity contribution in [2.45, 2.75) is 26.3 Å². The molecule has 4 aromatic rings. The van der Waals surface area contributed by atoms with Gasteiger partial charge in [0.1, 0.15) is 10.7 Å². The van der Waals surface area contributed by atoms with E-state index in [0.29, 0.717) is 23.1 Å². The zero-order chi connectivity index (χ0) is 20.5. The average molecular weight is 404 g/mol. The first-order valence-corrected chi connectivity index (χ1v) is 10.2. The molecule has 4 rings (SSSR count). The van der Waals surface area contributed by atoms with Crippen molar-refractivity contribution < 1.29 is 9.90 Å². The number of aromatic nitrogens is 2. The highest BCUT2D eigenvalue weighted by Crippen LogP contribution is 2.26. The van der Waals surface area contributed by atoms with Crippen molar-refractivity contribution in [3.63, 3.8) is 0 Å². The minimum Gasteiger partial charge on any atom is -0.478 e. The van der Waals surface area contributed by atoms with Crippen molar-refractivity contribution in [2.75, 3.05) is 0 Å². The van der Waals surface area contributed by atoms with Crippen LogP contribution < -0.4 is 5.56 Å². The van der Waals surface area contributed by atoms with Crippen molar-refractivity contribution >= 4 is 27.5 Å². The Morgan fingerprint density at radius 2 is 1.79 bits per heavy atom. The van der Waals surface area contributed by atoms with Gasteiger partial charge in [0.25, 0.3) is 5.56 Å². The summed E-state index contributed by atoms with van der Waals surface area (Å²) in [4.78, 5) is 30.1. The van der Waals surface area contributed by atoms with E-state index < -0.39 is 5.97 Å². The molecule has 0 spiro atoms. The van der Waals surface area contributed by atoms with Gasteiger partial charge in [0.15, 0.2) is 0 Å². The second-order valence-electron chi connectivity index (χ2n) is 7.22. The minimum absolute atomic E-state index is 0.00557. The molecule has 2 aromatic heterocycles. The molecule has 5 nitrogen and oxygen atoms in total. The van der Waals surface area contributed by atoms with Crippen LogP contribution in [0.4, 0.5) is 0 Å². The van der Waals surface area contributed by atoms with Crippen LogP contribution in [0.1, 0.15) is 41.3 Å². The Bertz CT molecular complexity index is 1240. The van der Waals surface area contributed by atoms with E-state index in [1.54, 1.807) is 4.57 Å². The summed E-state index contributed by atoms with van der Waals surface area (Å²) in [5, 5.41) is 11.1. The minimum atomic E-state index is -1.12. The fourth-order valence-corrected chi connectivity index (χ4v) is 4.23. The summed E-state index contributed by atoms with van der Waals surface area (Å²) in [5.41, 5.74) is 2.67. The zero-order valence-corrected chi connectivity index (χ0v) is 16.9. The molecule has 0 aliphatic carbocycles. The third-order valence-corrected chi connectivity index (χ3v) is 5.82. The lowest BCUT2D eigenvalue weighted by molar-refractivity contribution is 0.0699. The first kappa shape index (κ1) is 19.1. The van der Waals surface area contributed by atoms with Crippen molar-refractivity contribution in [3.8, 4) is 11.4 Å². The van der Waals surface area contributed by atoms with Gasteiger partial charge < -0.3 is 5.11 Å². The molecule has 0 aliphatic rings. The van der Waals surface area contributed by atoms with Gasteiger partial charge in [0.05, 0.1) is 17.5 Å². The smallest absolute Gasteiger partial charge is 0.337 e. The maximum absolute atomic E-state index is 13.4. The average Bonchev–Trinajstić information content (AvgIpc) is 3.15. The van der Waals surface area contributed by atoms with Gasteiger partial charge in [-0.3, -0.25) is 9.36 Å². The maximum atomic E-state index is 13.4. The van der Waals surface area contributed by atoms with Crippen LogP contribution in [0.3, 0.4) is 0 Å². The number of hydrogen-bond acceptors (Lipinski definition) is 4. The van der Waals surface area contributed by atoms with Crippen LogP contribution in [0.15, 0.2) is 64.8 Å². The predicted octanol–water partition coefficient (Wildman–Crippen LogP) is 4.99. The molecular weight excluding hydrogens is 384 g/mol. The van der Waals surface area contributed by atoms with Crippen LogP contribution in [0, 0.1) is 0 Å². The van der Waals surface area contributed by atoms with E-state index in [2.05, 4.69) is 31.0 Å². The molecule has 1 N–H and O–H groups in total. The highest BCUT2D eigenvalue weighted by molar-refractivity contribution is 7.17. The fraction of sp³-hybridized carbons (Fsp3) is 0.174. The first-order valence-electron chi connectivity index (χ1n) is 9.35. The molecule has 0 atom stereocenters. The number of carbonyl (C=O) groups is 1.